The number of nitrogen functional groups attached to an aromatic ring is 1. The Morgan fingerprint density at radius 2 is 2.12 bits per heavy atom. The van der Waals surface area contributed by atoms with E-state index in [1.807, 2.05) is 0 Å². The van der Waals surface area contributed by atoms with Crippen LogP contribution in [0.2, 0.25) is 0 Å². The molecule has 1 aliphatic rings. The number of carbonyl (C=O) groups is 1. The number of carbonyl (C=O) groups excluding carboxylic acids is 1. The number of H-pyrrole nitrogens is 1. The van der Waals surface area contributed by atoms with Crippen molar-refractivity contribution in [2.75, 3.05) is 5.73 Å². The smallest absolute Gasteiger partial charge is 0.272 e. The maximum absolute atomic E-state index is 11.6. The number of amides is 1. The van der Waals surface area contributed by atoms with Crippen molar-refractivity contribution in [3.05, 3.63) is 29.5 Å². The summed E-state index contributed by atoms with van der Waals surface area (Å²) in [5, 5.41) is 4.67. The van der Waals surface area contributed by atoms with E-state index < -0.39 is 0 Å². The van der Waals surface area contributed by atoms with Crippen LogP contribution in [0.4, 0.5) is 5.69 Å². The summed E-state index contributed by atoms with van der Waals surface area (Å²) in [6.07, 6.45) is 3.42. The highest BCUT2D eigenvalue weighted by atomic mass is 35.5. The van der Waals surface area contributed by atoms with Crippen molar-refractivity contribution in [1.29, 1.82) is 0 Å². The Bertz CT molecular complexity index is 602. The number of halogens is 1. The van der Waals surface area contributed by atoms with Gasteiger partial charge in [-0.1, -0.05) is 0 Å². The van der Waals surface area contributed by atoms with Crippen LogP contribution < -0.4 is 11.2 Å². The van der Waals surface area contributed by atoms with Crippen LogP contribution in [0.25, 0.3) is 10.9 Å². The van der Waals surface area contributed by atoms with Crippen LogP contribution in [-0.2, 0) is 0 Å². The highest BCUT2D eigenvalue weighted by Gasteiger charge is 2.16. The number of aromatic nitrogens is 1. The Hall–Kier alpha value is -2.01. The average molecular weight is 237 g/mol. The molecule has 5 nitrogen and oxygen atoms in total. The number of nitrogens with zero attached hydrogens (tertiary/aromatic N) is 1. The average Bonchev–Trinajstić information content (AvgIpc) is 2.52. The van der Waals surface area contributed by atoms with Crippen LogP contribution >= 0.6 is 12.4 Å². The minimum absolute atomic E-state index is 0. The van der Waals surface area contributed by atoms with Gasteiger partial charge in [-0.05, 0) is 12.1 Å². The van der Waals surface area contributed by atoms with Crippen molar-refractivity contribution >= 4 is 41.1 Å². The molecule has 0 atom stereocenters. The number of hydrogen-bond acceptors (Lipinski definition) is 3. The van der Waals surface area contributed by atoms with Crippen molar-refractivity contribution in [2.24, 2.45) is 5.10 Å². The number of nitrogens with one attached hydrogen (secondary N) is 2. The van der Waals surface area contributed by atoms with Crippen LogP contribution in [0.15, 0.2) is 23.4 Å². The zero-order valence-electron chi connectivity index (χ0n) is 8.15. The fourth-order valence-corrected chi connectivity index (χ4v) is 1.82. The molecule has 1 aliphatic heterocycles. The molecule has 82 valence electrons. The molecular weight excluding hydrogens is 228 g/mol. The molecule has 0 spiro atoms. The topological polar surface area (TPSA) is 83.3 Å². The van der Waals surface area contributed by atoms with E-state index >= 15 is 0 Å². The Morgan fingerprint density at radius 3 is 2.94 bits per heavy atom. The lowest BCUT2D eigenvalue weighted by atomic mass is 10.1. The third-order valence-electron chi connectivity index (χ3n) is 2.45. The molecule has 1 aromatic carbocycles. The van der Waals surface area contributed by atoms with Crippen molar-refractivity contribution in [3.8, 4) is 0 Å². The number of benzene rings is 1. The predicted molar refractivity (Wildman–Crippen MR) is 65.0 cm³/mol. The Morgan fingerprint density at radius 1 is 1.31 bits per heavy atom. The number of hydrazone groups is 1. The molecule has 1 aromatic heterocycles. The first-order valence-electron chi connectivity index (χ1n) is 4.50. The van der Waals surface area contributed by atoms with Crippen LogP contribution in [0.5, 0.6) is 0 Å². The summed E-state index contributed by atoms with van der Waals surface area (Å²) < 4.78 is 0. The summed E-state index contributed by atoms with van der Waals surface area (Å²) in [6, 6.07) is 3.46. The van der Waals surface area contributed by atoms with Gasteiger partial charge in [-0.2, -0.15) is 5.10 Å². The van der Waals surface area contributed by atoms with E-state index in [1.165, 1.54) is 0 Å². The van der Waals surface area contributed by atoms with Gasteiger partial charge in [0.2, 0.25) is 0 Å². The van der Waals surface area contributed by atoms with Crippen LogP contribution in [0.3, 0.4) is 0 Å². The van der Waals surface area contributed by atoms with Gasteiger partial charge in [-0.15, -0.1) is 12.4 Å². The Kier molecular flexibility index (Phi) is 2.32. The second-order valence-electron chi connectivity index (χ2n) is 3.43. The summed E-state index contributed by atoms with van der Waals surface area (Å²) in [6.45, 7) is 0. The first-order valence-corrected chi connectivity index (χ1v) is 4.50. The molecule has 4 N–H and O–H groups in total. The van der Waals surface area contributed by atoms with Gasteiger partial charge >= 0.3 is 0 Å². The molecule has 2 heterocycles. The van der Waals surface area contributed by atoms with Crippen molar-refractivity contribution in [1.82, 2.24) is 10.4 Å². The number of aromatic amines is 1. The van der Waals surface area contributed by atoms with Gasteiger partial charge in [-0.3, -0.25) is 4.79 Å². The molecule has 3 rings (SSSR count). The molecule has 1 amide bonds. The maximum atomic E-state index is 11.6. The standard InChI is InChI=1S/C10H8N4O.ClH/c11-6-1-7-9-5(3-12-8(9)2-6)4-13-14-10(7)15;/h1-4,12H,11H2,(H,14,15);1H. The Balaban J connectivity index is 0.000000963. The van der Waals surface area contributed by atoms with Gasteiger partial charge in [-0.25, -0.2) is 5.43 Å². The second kappa shape index (κ2) is 3.53. The van der Waals surface area contributed by atoms with Gasteiger partial charge in [0.05, 0.1) is 11.8 Å². The van der Waals surface area contributed by atoms with E-state index in [0.29, 0.717) is 11.3 Å². The van der Waals surface area contributed by atoms with Gasteiger partial charge in [0.1, 0.15) is 0 Å². The second-order valence-corrected chi connectivity index (χ2v) is 3.43. The minimum Gasteiger partial charge on any atom is -0.399 e. The van der Waals surface area contributed by atoms with E-state index in [1.54, 1.807) is 24.5 Å². The molecular formula is C10H9ClN4O. The number of rotatable bonds is 0. The van der Waals surface area contributed by atoms with Gasteiger partial charge < -0.3 is 10.7 Å². The molecule has 0 saturated heterocycles. The SMILES string of the molecule is Cl.Nc1cc2c3c(c[nH]c3c1)C=NNC2=O. The third-order valence-corrected chi connectivity index (χ3v) is 2.45. The van der Waals surface area contributed by atoms with Crippen molar-refractivity contribution < 1.29 is 4.79 Å². The van der Waals surface area contributed by atoms with E-state index in [9.17, 15) is 4.79 Å². The van der Waals surface area contributed by atoms with Gasteiger partial charge in [0.25, 0.3) is 5.91 Å². The number of nitrogens with two attached hydrogens (primary N) is 1. The molecule has 0 bridgehead atoms. The van der Waals surface area contributed by atoms with Gasteiger partial charge in [0.15, 0.2) is 0 Å². The molecule has 0 radical (unpaired) electrons. The lowest BCUT2D eigenvalue weighted by Crippen LogP contribution is -2.16. The molecule has 0 aliphatic carbocycles. The zero-order valence-corrected chi connectivity index (χ0v) is 8.97. The molecule has 0 saturated carbocycles. The fourth-order valence-electron chi connectivity index (χ4n) is 1.82. The highest BCUT2D eigenvalue weighted by Crippen LogP contribution is 2.25. The molecule has 16 heavy (non-hydrogen) atoms. The molecule has 2 aromatic rings. The van der Waals surface area contributed by atoms with Crippen LogP contribution in [-0.4, -0.2) is 17.1 Å². The Labute approximate surface area is 97.1 Å². The predicted octanol–water partition coefficient (Wildman–Crippen LogP) is 1.25. The lowest BCUT2D eigenvalue weighted by Gasteiger charge is -2.02. The third kappa shape index (κ3) is 1.33. The van der Waals surface area contributed by atoms with E-state index in [2.05, 4.69) is 15.5 Å². The molecule has 0 unspecified atom stereocenters. The first-order chi connectivity index (χ1) is 7.25. The number of anilines is 1. The van der Waals surface area contributed by atoms with Crippen molar-refractivity contribution in [3.63, 3.8) is 0 Å². The van der Waals surface area contributed by atoms with Gasteiger partial charge in [0, 0.05) is 28.4 Å². The quantitative estimate of drug-likeness (QED) is 0.602. The number of hydrogen-bond donors (Lipinski definition) is 3. The zero-order chi connectivity index (χ0) is 10.4. The first kappa shape index (κ1) is 10.5. The summed E-state index contributed by atoms with van der Waals surface area (Å²) >= 11 is 0. The molecule has 0 fully saturated rings. The van der Waals surface area contributed by atoms with E-state index in [-0.39, 0.29) is 18.3 Å². The van der Waals surface area contributed by atoms with Crippen LogP contribution in [0.1, 0.15) is 15.9 Å². The van der Waals surface area contributed by atoms with Crippen molar-refractivity contribution in [2.45, 2.75) is 0 Å². The largest absolute Gasteiger partial charge is 0.399 e. The summed E-state index contributed by atoms with van der Waals surface area (Å²) in [4.78, 5) is 14.7. The van der Waals surface area contributed by atoms with E-state index in [4.69, 9.17) is 5.73 Å². The fraction of sp³-hybridized carbons (Fsp3) is 0. The lowest BCUT2D eigenvalue weighted by molar-refractivity contribution is 0.0957. The molecule has 6 heteroatoms. The normalized spacial score (nSPS) is 13.1. The summed E-state index contributed by atoms with van der Waals surface area (Å²) in [7, 11) is 0. The summed E-state index contributed by atoms with van der Waals surface area (Å²) in [5.41, 5.74) is 11.0. The van der Waals surface area contributed by atoms with E-state index in [0.717, 1.165) is 16.5 Å². The van der Waals surface area contributed by atoms with Crippen LogP contribution in [0, 0.1) is 0 Å². The monoisotopic (exact) mass is 236 g/mol. The summed E-state index contributed by atoms with van der Waals surface area (Å²) in [5.74, 6) is -0.234. The maximum Gasteiger partial charge on any atom is 0.272 e. The minimum atomic E-state index is -0.234. The highest BCUT2D eigenvalue weighted by molar-refractivity contribution is 6.14.